The summed E-state index contributed by atoms with van der Waals surface area (Å²) in [5, 5.41) is 10.1. The van der Waals surface area contributed by atoms with E-state index >= 15 is 0 Å². The number of hydrogen-bond donors (Lipinski definition) is 1. The molecule has 2 heterocycles. The maximum absolute atomic E-state index is 12.0. The fourth-order valence-electron chi connectivity index (χ4n) is 2.61. The van der Waals surface area contributed by atoms with Crippen molar-refractivity contribution in [2.75, 3.05) is 11.4 Å². The number of nitrogens with zero attached hydrogens (tertiary/aromatic N) is 3. The highest BCUT2D eigenvalue weighted by atomic mass is 16.3. The number of amides is 1. The van der Waals surface area contributed by atoms with Gasteiger partial charge in [-0.25, -0.2) is 4.98 Å². The summed E-state index contributed by atoms with van der Waals surface area (Å²) >= 11 is 0. The first-order chi connectivity index (χ1) is 9.08. The number of aromatic hydroxyl groups is 1. The van der Waals surface area contributed by atoms with E-state index in [1.807, 2.05) is 24.6 Å². The average Bonchev–Trinajstić information content (AvgIpc) is 2.67. The third kappa shape index (κ3) is 1.85. The van der Waals surface area contributed by atoms with Crippen LogP contribution in [0.5, 0.6) is 5.75 Å². The van der Waals surface area contributed by atoms with Gasteiger partial charge in [-0.2, -0.15) is 0 Å². The highest BCUT2D eigenvalue weighted by molar-refractivity contribution is 5.97. The maximum atomic E-state index is 12.0. The van der Waals surface area contributed by atoms with Crippen LogP contribution in [0.1, 0.15) is 25.1 Å². The van der Waals surface area contributed by atoms with E-state index in [-0.39, 0.29) is 11.7 Å². The van der Waals surface area contributed by atoms with Crippen LogP contribution >= 0.6 is 0 Å². The number of piperidine rings is 1. The van der Waals surface area contributed by atoms with Crippen molar-refractivity contribution >= 4 is 22.6 Å². The summed E-state index contributed by atoms with van der Waals surface area (Å²) in [5.74, 6) is 1.10. The Morgan fingerprint density at radius 1 is 1.32 bits per heavy atom. The third-order valence-corrected chi connectivity index (χ3v) is 3.81. The van der Waals surface area contributed by atoms with Crippen molar-refractivity contribution in [3.05, 3.63) is 18.0 Å². The molecule has 1 aliphatic rings. The van der Waals surface area contributed by atoms with Crippen molar-refractivity contribution in [2.24, 2.45) is 7.05 Å². The van der Waals surface area contributed by atoms with Gasteiger partial charge in [0, 0.05) is 31.8 Å². The zero-order chi connectivity index (χ0) is 13.6. The van der Waals surface area contributed by atoms with Gasteiger partial charge in [0.2, 0.25) is 5.91 Å². The van der Waals surface area contributed by atoms with Crippen LogP contribution in [-0.2, 0) is 11.8 Å². The third-order valence-electron chi connectivity index (χ3n) is 3.81. The molecule has 2 aromatic rings. The van der Waals surface area contributed by atoms with Crippen LogP contribution in [-0.4, -0.2) is 27.1 Å². The summed E-state index contributed by atoms with van der Waals surface area (Å²) in [6.45, 7) is 2.62. The van der Waals surface area contributed by atoms with Crippen molar-refractivity contribution in [3.63, 3.8) is 0 Å². The van der Waals surface area contributed by atoms with Crippen LogP contribution in [0.2, 0.25) is 0 Å². The molecule has 0 radical (unpaired) electrons. The predicted octanol–water partition coefficient (Wildman–Crippen LogP) is 2.10. The molecule has 19 heavy (non-hydrogen) atoms. The number of hydrogen-bond acceptors (Lipinski definition) is 3. The standard InChI is InChI=1S/C14H17N3O2/c1-9-15-14-11(16(9)2)7-10(8-12(14)18)17-6-4-3-5-13(17)19/h7-8,18H,3-6H2,1-2H3. The predicted molar refractivity (Wildman–Crippen MR) is 73.3 cm³/mol. The molecular weight excluding hydrogens is 242 g/mol. The van der Waals surface area contributed by atoms with E-state index in [9.17, 15) is 9.90 Å². The number of carbonyl (C=O) groups excluding carboxylic acids is 1. The second-order valence-electron chi connectivity index (χ2n) is 5.05. The molecule has 5 nitrogen and oxygen atoms in total. The Hall–Kier alpha value is -2.04. The van der Waals surface area contributed by atoms with Gasteiger partial charge in [0.25, 0.3) is 0 Å². The second-order valence-corrected chi connectivity index (χ2v) is 5.05. The van der Waals surface area contributed by atoms with Crippen LogP contribution in [0.4, 0.5) is 5.69 Å². The largest absolute Gasteiger partial charge is 0.506 e. The lowest BCUT2D eigenvalue weighted by molar-refractivity contribution is -0.119. The number of benzene rings is 1. The molecule has 0 spiro atoms. The molecule has 5 heteroatoms. The highest BCUT2D eigenvalue weighted by Gasteiger charge is 2.21. The summed E-state index contributed by atoms with van der Waals surface area (Å²) in [4.78, 5) is 18.0. The van der Waals surface area contributed by atoms with Crippen LogP contribution in [0.15, 0.2) is 12.1 Å². The molecule has 1 N–H and O–H groups in total. The molecule has 1 fully saturated rings. The first-order valence-corrected chi connectivity index (χ1v) is 6.54. The number of fused-ring (bicyclic) bond motifs is 1. The first-order valence-electron chi connectivity index (χ1n) is 6.54. The van der Waals surface area contributed by atoms with E-state index in [1.165, 1.54) is 0 Å². The Morgan fingerprint density at radius 2 is 2.11 bits per heavy atom. The van der Waals surface area contributed by atoms with Gasteiger partial charge in [0.1, 0.15) is 17.1 Å². The normalized spacial score (nSPS) is 16.3. The highest BCUT2D eigenvalue weighted by Crippen LogP contribution is 2.32. The van der Waals surface area contributed by atoms with Gasteiger partial charge in [-0.15, -0.1) is 0 Å². The van der Waals surface area contributed by atoms with Gasteiger partial charge in [-0.3, -0.25) is 4.79 Å². The summed E-state index contributed by atoms with van der Waals surface area (Å²) < 4.78 is 1.92. The molecule has 0 saturated carbocycles. The van der Waals surface area contributed by atoms with Gasteiger partial charge < -0.3 is 14.6 Å². The van der Waals surface area contributed by atoms with Crippen molar-refractivity contribution < 1.29 is 9.90 Å². The molecule has 3 rings (SSSR count). The molecule has 1 aliphatic heterocycles. The number of phenolic OH excluding ortho intramolecular Hbond substituents is 1. The molecule has 0 bridgehead atoms. The number of aromatic nitrogens is 2. The summed E-state index contributed by atoms with van der Waals surface area (Å²) in [7, 11) is 1.91. The minimum absolute atomic E-state index is 0.129. The zero-order valence-electron chi connectivity index (χ0n) is 11.2. The zero-order valence-corrected chi connectivity index (χ0v) is 11.2. The number of carbonyl (C=O) groups is 1. The maximum Gasteiger partial charge on any atom is 0.226 e. The number of rotatable bonds is 1. The molecule has 1 aromatic carbocycles. The molecular formula is C14H17N3O2. The van der Waals surface area contributed by atoms with Crippen LogP contribution < -0.4 is 4.90 Å². The quantitative estimate of drug-likeness (QED) is 0.853. The Balaban J connectivity index is 2.14. The fourth-order valence-corrected chi connectivity index (χ4v) is 2.61. The van der Waals surface area contributed by atoms with Gasteiger partial charge in [0.15, 0.2) is 0 Å². The van der Waals surface area contributed by atoms with E-state index in [2.05, 4.69) is 4.98 Å². The molecule has 100 valence electrons. The lowest BCUT2D eigenvalue weighted by Gasteiger charge is -2.27. The molecule has 0 unspecified atom stereocenters. The van der Waals surface area contributed by atoms with Crippen LogP contribution in [0, 0.1) is 6.92 Å². The molecule has 1 aromatic heterocycles. The van der Waals surface area contributed by atoms with Crippen LogP contribution in [0.3, 0.4) is 0 Å². The van der Waals surface area contributed by atoms with Gasteiger partial charge >= 0.3 is 0 Å². The lowest BCUT2D eigenvalue weighted by Crippen LogP contribution is -2.35. The topological polar surface area (TPSA) is 58.4 Å². The van der Waals surface area contributed by atoms with E-state index in [0.717, 1.165) is 36.4 Å². The Morgan fingerprint density at radius 3 is 2.84 bits per heavy atom. The van der Waals surface area contributed by atoms with Crippen LogP contribution in [0.25, 0.3) is 11.0 Å². The lowest BCUT2D eigenvalue weighted by atomic mass is 10.1. The number of anilines is 1. The molecule has 0 aliphatic carbocycles. The van der Waals surface area contributed by atoms with Crippen molar-refractivity contribution in [3.8, 4) is 5.75 Å². The Bertz CT molecular complexity index is 660. The van der Waals surface area contributed by atoms with Gasteiger partial charge in [0.05, 0.1) is 5.52 Å². The minimum Gasteiger partial charge on any atom is -0.506 e. The van der Waals surface area contributed by atoms with E-state index in [4.69, 9.17) is 0 Å². The molecule has 1 saturated heterocycles. The molecule has 1 amide bonds. The first kappa shape index (κ1) is 12.0. The summed E-state index contributed by atoms with van der Waals surface area (Å²) in [5.41, 5.74) is 2.21. The monoisotopic (exact) mass is 259 g/mol. The summed E-state index contributed by atoms with van der Waals surface area (Å²) in [6.07, 6.45) is 2.55. The second kappa shape index (κ2) is 4.26. The van der Waals surface area contributed by atoms with E-state index < -0.39 is 0 Å². The van der Waals surface area contributed by atoms with Gasteiger partial charge in [-0.1, -0.05) is 0 Å². The molecule has 0 atom stereocenters. The van der Waals surface area contributed by atoms with E-state index in [0.29, 0.717) is 11.9 Å². The Labute approximate surface area is 111 Å². The van der Waals surface area contributed by atoms with Crippen molar-refractivity contribution in [1.29, 1.82) is 0 Å². The summed E-state index contributed by atoms with van der Waals surface area (Å²) in [6, 6.07) is 3.57. The SMILES string of the molecule is Cc1nc2c(O)cc(N3CCCCC3=O)cc2n1C. The van der Waals surface area contributed by atoms with E-state index in [1.54, 1.807) is 11.0 Å². The smallest absolute Gasteiger partial charge is 0.226 e. The number of imidazole rings is 1. The Kier molecular flexibility index (Phi) is 2.69. The van der Waals surface area contributed by atoms with Crippen molar-refractivity contribution in [2.45, 2.75) is 26.2 Å². The minimum atomic E-state index is 0.129. The average molecular weight is 259 g/mol. The van der Waals surface area contributed by atoms with Crippen molar-refractivity contribution in [1.82, 2.24) is 9.55 Å². The number of aryl methyl sites for hydroxylation is 2. The van der Waals surface area contributed by atoms with Gasteiger partial charge in [-0.05, 0) is 25.8 Å². The fraction of sp³-hybridized carbons (Fsp3) is 0.429. The number of phenols is 1.